The first-order chi connectivity index (χ1) is 9.01. The Balaban J connectivity index is 1.73. The van der Waals surface area contributed by atoms with Crippen LogP contribution in [0.1, 0.15) is 45.4 Å². The number of hydrogen-bond donors (Lipinski definition) is 1. The molecular formula is C15H28N2O2. The predicted octanol–water partition coefficient (Wildman–Crippen LogP) is 1.78. The molecular weight excluding hydrogens is 240 g/mol. The summed E-state index contributed by atoms with van der Waals surface area (Å²) in [7, 11) is 1.84. The van der Waals surface area contributed by atoms with Gasteiger partial charge in [0, 0.05) is 20.2 Å². The van der Waals surface area contributed by atoms with Gasteiger partial charge >= 0.3 is 0 Å². The first kappa shape index (κ1) is 14.8. The first-order valence-corrected chi connectivity index (χ1v) is 7.63. The van der Waals surface area contributed by atoms with Crippen LogP contribution in [-0.4, -0.2) is 43.2 Å². The molecule has 0 bridgehead atoms. The van der Waals surface area contributed by atoms with Gasteiger partial charge in [0.15, 0.2) is 0 Å². The molecule has 2 rings (SSSR count). The highest BCUT2D eigenvalue weighted by atomic mass is 16.5. The SMILES string of the molecule is CC1CCCC(N)(C(=O)N(C)CCOCC2CC2)C1. The number of carbonyl (C=O) groups excluding carboxylic acids is 1. The van der Waals surface area contributed by atoms with Crippen molar-refractivity contribution in [2.24, 2.45) is 17.6 Å². The lowest BCUT2D eigenvalue weighted by Crippen LogP contribution is -2.57. The molecule has 0 saturated heterocycles. The zero-order valence-electron chi connectivity index (χ0n) is 12.4. The van der Waals surface area contributed by atoms with E-state index >= 15 is 0 Å². The van der Waals surface area contributed by atoms with Gasteiger partial charge in [0.1, 0.15) is 0 Å². The Morgan fingerprint density at radius 1 is 1.42 bits per heavy atom. The standard InChI is InChI=1S/C15H28N2O2/c1-12-4-3-7-15(16,10-12)14(18)17(2)8-9-19-11-13-5-6-13/h12-13H,3-11,16H2,1-2H3. The maximum Gasteiger partial charge on any atom is 0.242 e. The molecule has 110 valence electrons. The van der Waals surface area contributed by atoms with Gasteiger partial charge in [0.05, 0.1) is 12.1 Å². The van der Waals surface area contributed by atoms with Crippen LogP contribution in [0.15, 0.2) is 0 Å². The topological polar surface area (TPSA) is 55.6 Å². The van der Waals surface area contributed by atoms with Gasteiger partial charge in [-0.15, -0.1) is 0 Å². The van der Waals surface area contributed by atoms with Crippen molar-refractivity contribution in [3.63, 3.8) is 0 Å². The molecule has 0 aliphatic heterocycles. The number of rotatable bonds is 6. The molecule has 1 amide bonds. The van der Waals surface area contributed by atoms with Crippen LogP contribution in [0.4, 0.5) is 0 Å². The van der Waals surface area contributed by atoms with Crippen molar-refractivity contribution in [3.05, 3.63) is 0 Å². The van der Waals surface area contributed by atoms with Crippen molar-refractivity contribution in [3.8, 4) is 0 Å². The number of amides is 1. The summed E-state index contributed by atoms with van der Waals surface area (Å²) < 4.78 is 5.59. The Kier molecular flexibility index (Phi) is 4.85. The molecule has 2 aliphatic rings. The van der Waals surface area contributed by atoms with Crippen molar-refractivity contribution in [2.75, 3.05) is 26.8 Å². The number of nitrogens with zero attached hydrogens (tertiary/aromatic N) is 1. The van der Waals surface area contributed by atoms with Gasteiger partial charge in [0.25, 0.3) is 0 Å². The van der Waals surface area contributed by atoms with Crippen molar-refractivity contribution >= 4 is 5.91 Å². The largest absolute Gasteiger partial charge is 0.379 e. The Hall–Kier alpha value is -0.610. The lowest BCUT2D eigenvalue weighted by molar-refractivity contribution is -0.138. The Morgan fingerprint density at radius 2 is 2.16 bits per heavy atom. The van der Waals surface area contributed by atoms with Crippen molar-refractivity contribution in [2.45, 2.75) is 51.0 Å². The van der Waals surface area contributed by atoms with E-state index in [0.29, 0.717) is 19.1 Å². The van der Waals surface area contributed by atoms with Gasteiger partial charge in [-0.1, -0.05) is 19.8 Å². The van der Waals surface area contributed by atoms with E-state index < -0.39 is 5.54 Å². The summed E-state index contributed by atoms with van der Waals surface area (Å²) in [4.78, 5) is 14.2. The number of hydrogen-bond acceptors (Lipinski definition) is 3. The molecule has 2 aliphatic carbocycles. The minimum absolute atomic E-state index is 0.0917. The molecule has 0 radical (unpaired) electrons. The molecule has 4 nitrogen and oxygen atoms in total. The van der Waals surface area contributed by atoms with Crippen LogP contribution < -0.4 is 5.73 Å². The first-order valence-electron chi connectivity index (χ1n) is 7.63. The van der Waals surface area contributed by atoms with Crippen LogP contribution >= 0.6 is 0 Å². The van der Waals surface area contributed by atoms with Crippen molar-refractivity contribution in [1.29, 1.82) is 0 Å². The molecule has 0 heterocycles. The number of ether oxygens (including phenoxy) is 1. The van der Waals surface area contributed by atoms with Gasteiger partial charge in [0.2, 0.25) is 5.91 Å². The highest BCUT2D eigenvalue weighted by Crippen LogP contribution is 2.31. The normalized spacial score (nSPS) is 31.2. The minimum atomic E-state index is -0.636. The second-order valence-electron chi connectivity index (χ2n) is 6.60. The van der Waals surface area contributed by atoms with Crippen molar-refractivity contribution in [1.82, 2.24) is 4.90 Å². The summed E-state index contributed by atoms with van der Waals surface area (Å²) in [6.45, 7) is 4.32. The van der Waals surface area contributed by atoms with E-state index in [2.05, 4.69) is 6.92 Å². The third-order valence-corrected chi connectivity index (χ3v) is 4.43. The zero-order chi connectivity index (χ0) is 13.9. The monoisotopic (exact) mass is 268 g/mol. The van der Waals surface area contributed by atoms with Crippen LogP contribution in [-0.2, 0) is 9.53 Å². The highest BCUT2D eigenvalue weighted by molar-refractivity contribution is 5.86. The number of carbonyl (C=O) groups is 1. The molecule has 2 N–H and O–H groups in total. The Labute approximate surface area is 116 Å². The molecule has 4 heteroatoms. The van der Waals surface area contributed by atoms with E-state index in [1.807, 2.05) is 7.05 Å². The molecule has 0 aromatic carbocycles. The van der Waals surface area contributed by atoms with E-state index in [9.17, 15) is 4.79 Å². The fourth-order valence-corrected chi connectivity index (χ4v) is 3.00. The molecule has 2 atom stereocenters. The zero-order valence-corrected chi connectivity index (χ0v) is 12.4. The quantitative estimate of drug-likeness (QED) is 0.747. The van der Waals surface area contributed by atoms with Gasteiger partial charge in [-0.05, 0) is 37.5 Å². The molecule has 2 fully saturated rings. The number of nitrogens with two attached hydrogens (primary N) is 1. The molecule has 19 heavy (non-hydrogen) atoms. The second kappa shape index (κ2) is 6.23. The smallest absolute Gasteiger partial charge is 0.242 e. The van der Waals surface area contributed by atoms with Crippen LogP contribution in [0.25, 0.3) is 0 Å². The second-order valence-corrected chi connectivity index (χ2v) is 6.60. The molecule has 2 unspecified atom stereocenters. The average molecular weight is 268 g/mol. The Morgan fingerprint density at radius 3 is 2.79 bits per heavy atom. The summed E-state index contributed by atoms with van der Waals surface area (Å²) >= 11 is 0. The third kappa shape index (κ3) is 4.18. The van der Waals surface area contributed by atoms with E-state index in [-0.39, 0.29) is 5.91 Å². The summed E-state index contributed by atoms with van der Waals surface area (Å²) in [6.07, 6.45) is 6.51. The highest BCUT2D eigenvalue weighted by Gasteiger charge is 2.39. The molecule has 2 saturated carbocycles. The lowest BCUT2D eigenvalue weighted by atomic mass is 9.76. The maximum absolute atomic E-state index is 12.5. The van der Waals surface area contributed by atoms with E-state index in [1.165, 1.54) is 19.3 Å². The van der Waals surface area contributed by atoms with Gasteiger partial charge in [-0.25, -0.2) is 0 Å². The summed E-state index contributed by atoms with van der Waals surface area (Å²) in [5.74, 6) is 1.43. The lowest BCUT2D eigenvalue weighted by Gasteiger charge is -2.38. The van der Waals surface area contributed by atoms with Crippen molar-refractivity contribution < 1.29 is 9.53 Å². The minimum Gasteiger partial charge on any atom is -0.379 e. The number of likely N-dealkylation sites (N-methyl/N-ethyl adjacent to an activating group) is 1. The molecule has 0 aromatic rings. The molecule has 0 aromatic heterocycles. The molecule has 0 spiro atoms. The van der Waals surface area contributed by atoms with E-state index in [4.69, 9.17) is 10.5 Å². The van der Waals surface area contributed by atoms with E-state index in [0.717, 1.165) is 31.8 Å². The third-order valence-electron chi connectivity index (χ3n) is 4.43. The van der Waals surface area contributed by atoms with Gasteiger partial charge in [-0.2, -0.15) is 0 Å². The fourth-order valence-electron chi connectivity index (χ4n) is 3.00. The maximum atomic E-state index is 12.5. The fraction of sp³-hybridized carbons (Fsp3) is 0.933. The summed E-state index contributed by atoms with van der Waals surface area (Å²) in [6, 6.07) is 0. The summed E-state index contributed by atoms with van der Waals surface area (Å²) in [5, 5.41) is 0. The predicted molar refractivity (Wildman–Crippen MR) is 75.7 cm³/mol. The van der Waals surface area contributed by atoms with E-state index in [1.54, 1.807) is 4.90 Å². The Bertz CT molecular complexity index is 317. The van der Waals surface area contributed by atoms with Crippen LogP contribution in [0.5, 0.6) is 0 Å². The van der Waals surface area contributed by atoms with Crippen LogP contribution in [0, 0.1) is 11.8 Å². The van der Waals surface area contributed by atoms with Gasteiger partial charge < -0.3 is 15.4 Å². The average Bonchev–Trinajstić information content (AvgIpc) is 3.17. The summed E-state index contributed by atoms with van der Waals surface area (Å²) in [5.41, 5.74) is 5.69. The van der Waals surface area contributed by atoms with Crippen LogP contribution in [0.2, 0.25) is 0 Å². The van der Waals surface area contributed by atoms with Crippen LogP contribution in [0.3, 0.4) is 0 Å². The van der Waals surface area contributed by atoms with Gasteiger partial charge in [-0.3, -0.25) is 4.79 Å².